The van der Waals surface area contributed by atoms with Crippen molar-refractivity contribution in [1.82, 2.24) is 4.98 Å². The lowest BCUT2D eigenvalue weighted by atomic mass is 10.2. The fourth-order valence-corrected chi connectivity index (χ4v) is 2.06. The highest BCUT2D eigenvalue weighted by Gasteiger charge is 2.01. The molecule has 0 aliphatic carbocycles. The number of carbonyl (C=O) groups is 1. The largest absolute Gasteiger partial charge is 0.490 e. The van der Waals surface area contributed by atoms with Crippen LogP contribution in [0.25, 0.3) is 6.08 Å². The molecule has 0 aliphatic heterocycles. The van der Waals surface area contributed by atoms with Gasteiger partial charge in [-0.2, -0.15) is 0 Å². The van der Waals surface area contributed by atoms with Crippen LogP contribution in [0.4, 0.5) is 0 Å². The van der Waals surface area contributed by atoms with Crippen LogP contribution in [-0.2, 0) is 9.53 Å². The molecular weight excluding hydrogens is 362 g/mol. The van der Waals surface area contributed by atoms with E-state index in [4.69, 9.17) is 9.47 Å². The average molecular weight is 378 g/mol. The van der Waals surface area contributed by atoms with E-state index >= 15 is 0 Å². The summed E-state index contributed by atoms with van der Waals surface area (Å²) >= 11 is 3.31. The molecule has 0 bridgehead atoms. The molecule has 0 unspecified atom stereocenters. The second-order valence-electron chi connectivity index (χ2n) is 4.41. The number of benzene rings is 1. The summed E-state index contributed by atoms with van der Waals surface area (Å²) in [5, 5.41) is 0. The molecule has 1 aromatic carbocycles. The highest BCUT2D eigenvalue weighted by molar-refractivity contribution is 9.10. The van der Waals surface area contributed by atoms with Gasteiger partial charge in [-0.1, -0.05) is 12.1 Å². The predicted molar refractivity (Wildman–Crippen MR) is 90.4 cm³/mol. The van der Waals surface area contributed by atoms with Gasteiger partial charge in [0, 0.05) is 12.3 Å². The third-order valence-electron chi connectivity index (χ3n) is 2.83. The summed E-state index contributed by atoms with van der Waals surface area (Å²) in [4.78, 5) is 15.1. The van der Waals surface area contributed by atoms with Crippen molar-refractivity contribution < 1.29 is 19.0 Å². The summed E-state index contributed by atoms with van der Waals surface area (Å²) in [5.41, 5.74) is 0.887. The Morgan fingerprint density at radius 1 is 1.17 bits per heavy atom. The van der Waals surface area contributed by atoms with Crippen molar-refractivity contribution in [3.63, 3.8) is 0 Å². The summed E-state index contributed by atoms with van der Waals surface area (Å²) in [7, 11) is 1.34. The molecule has 6 heteroatoms. The molecule has 0 saturated heterocycles. The van der Waals surface area contributed by atoms with Crippen LogP contribution < -0.4 is 9.47 Å². The molecule has 0 saturated carbocycles. The van der Waals surface area contributed by atoms with Gasteiger partial charge in [0.05, 0.1) is 7.11 Å². The number of pyridine rings is 1. The lowest BCUT2D eigenvalue weighted by Crippen LogP contribution is -2.09. The zero-order valence-corrected chi connectivity index (χ0v) is 14.2. The number of nitrogens with zero attached hydrogens (tertiary/aromatic N) is 1. The first-order chi connectivity index (χ1) is 11.2. The third-order valence-corrected chi connectivity index (χ3v) is 3.42. The maximum Gasteiger partial charge on any atom is 0.330 e. The van der Waals surface area contributed by atoms with Gasteiger partial charge >= 0.3 is 5.97 Å². The minimum Gasteiger partial charge on any atom is -0.490 e. The molecule has 1 aromatic heterocycles. The van der Waals surface area contributed by atoms with E-state index in [1.54, 1.807) is 12.3 Å². The van der Waals surface area contributed by atoms with E-state index in [1.807, 2.05) is 36.4 Å². The van der Waals surface area contributed by atoms with Crippen molar-refractivity contribution in [3.05, 3.63) is 58.8 Å². The number of esters is 1. The summed E-state index contributed by atoms with van der Waals surface area (Å²) in [6.07, 6.45) is 4.73. The molecular formula is C17H16BrNO4. The summed E-state index contributed by atoms with van der Waals surface area (Å²) in [6, 6.07) is 11.0. The number of hydrogen-bond donors (Lipinski definition) is 0. The van der Waals surface area contributed by atoms with Gasteiger partial charge in [0.2, 0.25) is 0 Å². The van der Waals surface area contributed by atoms with Gasteiger partial charge in [0.25, 0.3) is 0 Å². The molecule has 5 nitrogen and oxygen atoms in total. The summed E-state index contributed by atoms with van der Waals surface area (Å²) in [5.74, 6) is 1.03. The van der Waals surface area contributed by atoms with Gasteiger partial charge in [0.1, 0.15) is 23.6 Å². The van der Waals surface area contributed by atoms with Crippen LogP contribution in [0.1, 0.15) is 5.56 Å². The van der Waals surface area contributed by atoms with Crippen LogP contribution in [0.5, 0.6) is 11.5 Å². The number of halogens is 1. The Morgan fingerprint density at radius 2 is 1.91 bits per heavy atom. The molecule has 120 valence electrons. The van der Waals surface area contributed by atoms with Gasteiger partial charge in [-0.05, 0) is 51.8 Å². The fourth-order valence-electron chi connectivity index (χ4n) is 1.70. The van der Waals surface area contributed by atoms with Crippen LogP contribution in [0.3, 0.4) is 0 Å². The molecule has 2 rings (SSSR count). The predicted octanol–water partition coefficient (Wildman–Crippen LogP) is 3.49. The number of methoxy groups -OCH3 is 1. The van der Waals surface area contributed by atoms with Crippen molar-refractivity contribution >= 4 is 28.0 Å². The minimum atomic E-state index is -0.385. The van der Waals surface area contributed by atoms with Crippen LogP contribution in [0.15, 0.2) is 53.3 Å². The first-order valence-corrected chi connectivity index (χ1v) is 7.70. The van der Waals surface area contributed by atoms with E-state index in [0.29, 0.717) is 23.6 Å². The first kappa shape index (κ1) is 17.0. The van der Waals surface area contributed by atoms with Gasteiger partial charge in [-0.25, -0.2) is 9.78 Å². The van der Waals surface area contributed by atoms with Crippen molar-refractivity contribution in [1.29, 1.82) is 0 Å². The number of aromatic nitrogens is 1. The lowest BCUT2D eigenvalue weighted by molar-refractivity contribution is -0.134. The first-order valence-electron chi connectivity index (χ1n) is 6.91. The zero-order valence-electron chi connectivity index (χ0n) is 12.6. The van der Waals surface area contributed by atoms with E-state index < -0.39 is 0 Å². The molecule has 2 aromatic rings. The second kappa shape index (κ2) is 8.95. The second-order valence-corrected chi connectivity index (χ2v) is 5.17. The lowest BCUT2D eigenvalue weighted by Gasteiger charge is -2.09. The number of rotatable bonds is 7. The Morgan fingerprint density at radius 3 is 2.61 bits per heavy atom. The maximum absolute atomic E-state index is 11.0. The molecule has 1 heterocycles. The molecule has 0 radical (unpaired) electrons. The quantitative estimate of drug-likeness (QED) is 0.320. The fraction of sp³-hybridized carbons (Fsp3) is 0.176. The monoisotopic (exact) mass is 377 g/mol. The van der Waals surface area contributed by atoms with Crippen molar-refractivity contribution in [2.24, 2.45) is 0 Å². The molecule has 23 heavy (non-hydrogen) atoms. The SMILES string of the molecule is COC(=O)/C=C/c1ccc(OCCOc2cccnc2Br)cc1. The van der Waals surface area contributed by atoms with E-state index in [1.165, 1.54) is 13.2 Å². The highest BCUT2D eigenvalue weighted by Crippen LogP contribution is 2.21. The molecule has 0 N–H and O–H groups in total. The summed E-state index contributed by atoms with van der Waals surface area (Å²) < 4.78 is 16.4. The van der Waals surface area contributed by atoms with Crippen LogP contribution in [0, 0.1) is 0 Å². The highest BCUT2D eigenvalue weighted by atomic mass is 79.9. The Kier molecular flexibility index (Phi) is 6.62. The van der Waals surface area contributed by atoms with Crippen LogP contribution in [0.2, 0.25) is 0 Å². The van der Waals surface area contributed by atoms with E-state index in [2.05, 4.69) is 25.7 Å². The minimum absolute atomic E-state index is 0.385. The van der Waals surface area contributed by atoms with E-state index in [9.17, 15) is 4.79 Å². The molecule has 0 spiro atoms. The van der Waals surface area contributed by atoms with Crippen LogP contribution >= 0.6 is 15.9 Å². The maximum atomic E-state index is 11.0. The Balaban J connectivity index is 1.77. The van der Waals surface area contributed by atoms with Gasteiger partial charge in [0.15, 0.2) is 5.75 Å². The number of carbonyl (C=O) groups excluding carboxylic acids is 1. The Bertz CT molecular complexity index is 671. The van der Waals surface area contributed by atoms with Crippen LogP contribution in [-0.4, -0.2) is 31.3 Å². The molecule has 0 aliphatic rings. The summed E-state index contributed by atoms with van der Waals surface area (Å²) in [6.45, 7) is 0.826. The van der Waals surface area contributed by atoms with E-state index in [-0.39, 0.29) is 5.97 Å². The van der Waals surface area contributed by atoms with Gasteiger partial charge < -0.3 is 14.2 Å². The Hall–Kier alpha value is -2.34. The van der Waals surface area contributed by atoms with Gasteiger partial charge in [-0.15, -0.1) is 0 Å². The average Bonchev–Trinajstić information content (AvgIpc) is 2.59. The zero-order chi connectivity index (χ0) is 16.5. The molecule has 0 amide bonds. The van der Waals surface area contributed by atoms with E-state index in [0.717, 1.165) is 11.3 Å². The van der Waals surface area contributed by atoms with Gasteiger partial charge in [-0.3, -0.25) is 0 Å². The normalized spacial score (nSPS) is 10.5. The number of hydrogen-bond acceptors (Lipinski definition) is 5. The number of ether oxygens (including phenoxy) is 3. The topological polar surface area (TPSA) is 57.7 Å². The third kappa shape index (κ3) is 5.75. The Labute approximate surface area is 143 Å². The standard InChI is InChI=1S/C17H16BrNO4/c1-21-16(20)9-6-13-4-7-14(8-5-13)22-11-12-23-15-3-2-10-19-17(15)18/h2-10H,11-12H2,1H3/b9-6+. The smallest absolute Gasteiger partial charge is 0.330 e. The molecule has 0 atom stereocenters. The van der Waals surface area contributed by atoms with Crippen molar-refractivity contribution in [2.45, 2.75) is 0 Å². The van der Waals surface area contributed by atoms with Crippen molar-refractivity contribution in [2.75, 3.05) is 20.3 Å². The van der Waals surface area contributed by atoms with Crippen molar-refractivity contribution in [3.8, 4) is 11.5 Å². The molecule has 0 fully saturated rings.